The van der Waals surface area contributed by atoms with Crippen molar-refractivity contribution in [2.45, 2.75) is 51.9 Å². The van der Waals surface area contributed by atoms with Gasteiger partial charge in [-0.1, -0.05) is 20.8 Å². The first-order valence-corrected chi connectivity index (χ1v) is 8.12. The summed E-state index contributed by atoms with van der Waals surface area (Å²) in [7, 11) is 0. The molecule has 1 fully saturated rings. The van der Waals surface area contributed by atoms with Gasteiger partial charge in [-0.2, -0.15) is 0 Å². The summed E-state index contributed by atoms with van der Waals surface area (Å²) in [6.07, 6.45) is 2.20. The van der Waals surface area contributed by atoms with Gasteiger partial charge in [0.15, 0.2) is 0 Å². The van der Waals surface area contributed by atoms with Crippen LogP contribution in [0.1, 0.15) is 58.0 Å². The van der Waals surface area contributed by atoms with Gasteiger partial charge >= 0.3 is 0 Å². The maximum Gasteiger partial charge on any atom is 0.144 e. The Hall–Kier alpha value is -0.680. The predicted molar refractivity (Wildman–Crippen MR) is 85.4 cm³/mol. The molecule has 0 aliphatic carbocycles. The second-order valence-corrected chi connectivity index (χ2v) is 7.08. The van der Waals surface area contributed by atoms with Crippen molar-refractivity contribution in [3.05, 3.63) is 16.0 Å². The Labute approximate surface area is 129 Å². The van der Waals surface area contributed by atoms with Crippen molar-refractivity contribution in [2.24, 2.45) is 0 Å². The summed E-state index contributed by atoms with van der Waals surface area (Å²) in [5.41, 5.74) is 1.04. The number of nitrogens with one attached hydrogen (secondary N) is 1. The van der Waals surface area contributed by atoms with Gasteiger partial charge in [0.25, 0.3) is 0 Å². The van der Waals surface area contributed by atoms with Gasteiger partial charge in [0.2, 0.25) is 0 Å². The lowest BCUT2D eigenvalue weighted by atomic mass is 9.91. The van der Waals surface area contributed by atoms with Crippen LogP contribution in [0, 0.1) is 0 Å². The number of nitrogens with zero attached hydrogens (tertiary/aromatic N) is 2. The number of aromatic nitrogens is 2. The summed E-state index contributed by atoms with van der Waals surface area (Å²) in [5, 5.41) is 3.33. The van der Waals surface area contributed by atoms with Crippen LogP contribution in [-0.2, 0) is 10.2 Å². The van der Waals surface area contributed by atoms with Crippen molar-refractivity contribution in [1.82, 2.24) is 9.97 Å². The van der Waals surface area contributed by atoms with Gasteiger partial charge in [0.05, 0.1) is 16.8 Å². The topological polar surface area (TPSA) is 47.0 Å². The highest BCUT2D eigenvalue weighted by atomic mass is 79.9. The number of ether oxygens (including phenoxy) is 1. The fraction of sp³-hybridized carbons (Fsp3) is 0.733. The van der Waals surface area contributed by atoms with E-state index in [1.54, 1.807) is 0 Å². The smallest absolute Gasteiger partial charge is 0.144 e. The monoisotopic (exact) mass is 341 g/mol. The highest BCUT2D eigenvalue weighted by Gasteiger charge is 2.26. The molecule has 2 rings (SSSR count). The largest absolute Gasteiger partial charge is 0.381 e. The molecule has 2 heterocycles. The maximum absolute atomic E-state index is 5.58. The van der Waals surface area contributed by atoms with Crippen LogP contribution in [0.5, 0.6) is 0 Å². The van der Waals surface area contributed by atoms with Crippen molar-refractivity contribution in [3.63, 3.8) is 0 Å². The Morgan fingerprint density at radius 3 is 2.65 bits per heavy atom. The molecule has 112 valence electrons. The molecule has 1 atom stereocenters. The molecule has 1 aromatic rings. The van der Waals surface area contributed by atoms with E-state index in [1.165, 1.54) is 0 Å². The standard InChI is InChI=1S/C15H24BrN3O/c1-5-17-14-11(16)12(15(2,3)4)18-13(19-14)10-7-6-8-20-9-10/h10H,5-9H2,1-4H3,(H,17,18,19). The highest BCUT2D eigenvalue weighted by molar-refractivity contribution is 9.10. The zero-order valence-corrected chi connectivity index (χ0v) is 14.4. The molecule has 0 saturated carbocycles. The fourth-order valence-electron chi connectivity index (χ4n) is 2.37. The molecule has 0 aromatic carbocycles. The van der Waals surface area contributed by atoms with E-state index < -0.39 is 0 Å². The Bertz CT molecular complexity index is 465. The summed E-state index contributed by atoms with van der Waals surface area (Å²) < 4.78 is 6.56. The van der Waals surface area contributed by atoms with Crippen molar-refractivity contribution in [3.8, 4) is 0 Å². The summed E-state index contributed by atoms with van der Waals surface area (Å²) in [6.45, 7) is 11.1. The Morgan fingerprint density at radius 1 is 1.35 bits per heavy atom. The molecule has 1 saturated heterocycles. The molecule has 1 aromatic heterocycles. The molecule has 0 radical (unpaired) electrons. The van der Waals surface area contributed by atoms with Crippen molar-refractivity contribution >= 4 is 21.7 Å². The number of hydrogen-bond acceptors (Lipinski definition) is 4. The number of halogens is 1. The van der Waals surface area contributed by atoms with Crippen LogP contribution in [0.3, 0.4) is 0 Å². The minimum absolute atomic E-state index is 0.0176. The number of anilines is 1. The first-order chi connectivity index (χ1) is 9.43. The third kappa shape index (κ3) is 3.50. The van der Waals surface area contributed by atoms with Gasteiger partial charge in [-0.25, -0.2) is 9.97 Å². The quantitative estimate of drug-likeness (QED) is 0.906. The summed E-state index contributed by atoms with van der Waals surface area (Å²) >= 11 is 3.66. The number of hydrogen-bond donors (Lipinski definition) is 1. The van der Waals surface area contributed by atoms with Crippen LogP contribution in [0.4, 0.5) is 5.82 Å². The molecule has 1 aliphatic heterocycles. The van der Waals surface area contributed by atoms with E-state index in [0.29, 0.717) is 5.92 Å². The maximum atomic E-state index is 5.58. The average molecular weight is 342 g/mol. The Morgan fingerprint density at radius 2 is 2.10 bits per heavy atom. The highest BCUT2D eigenvalue weighted by Crippen LogP contribution is 2.34. The molecule has 0 amide bonds. The zero-order valence-electron chi connectivity index (χ0n) is 12.8. The van der Waals surface area contributed by atoms with Crippen molar-refractivity contribution in [2.75, 3.05) is 25.1 Å². The van der Waals surface area contributed by atoms with Gasteiger partial charge in [-0.15, -0.1) is 0 Å². The van der Waals surface area contributed by atoms with Crippen LogP contribution in [-0.4, -0.2) is 29.7 Å². The van der Waals surface area contributed by atoms with Crippen molar-refractivity contribution < 1.29 is 4.74 Å². The molecule has 5 heteroatoms. The van der Waals surface area contributed by atoms with Crippen LogP contribution in [0.15, 0.2) is 4.47 Å². The van der Waals surface area contributed by atoms with Crippen LogP contribution < -0.4 is 5.32 Å². The van der Waals surface area contributed by atoms with E-state index in [9.17, 15) is 0 Å². The van der Waals surface area contributed by atoms with Gasteiger partial charge in [-0.3, -0.25) is 0 Å². The minimum Gasteiger partial charge on any atom is -0.381 e. The molecule has 1 N–H and O–H groups in total. The van der Waals surface area contributed by atoms with E-state index in [4.69, 9.17) is 14.7 Å². The first-order valence-electron chi connectivity index (χ1n) is 7.33. The lowest BCUT2D eigenvalue weighted by Gasteiger charge is -2.26. The lowest BCUT2D eigenvalue weighted by Crippen LogP contribution is -2.23. The van der Waals surface area contributed by atoms with E-state index in [-0.39, 0.29) is 5.41 Å². The van der Waals surface area contributed by atoms with Crippen LogP contribution in [0.2, 0.25) is 0 Å². The molecule has 20 heavy (non-hydrogen) atoms. The molecule has 0 spiro atoms. The minimum atomic E-state index is -0.0176. The molecule has 1 aliphatic rings. The third-order valence-electron chi connectivity index (χ3n) is 3.45. The van der Waals surface area contributed by atoms with Gasteiger partial charge in [0.1, 0.15) is 11.6 Å². The Kier molecular flexibility index (Phi) is 5.02. The third-order valence-corrected chi connectivity index (χ3v) is 4.20. The average Bonchev–Trinajstić information content (AvgIpc) is 2.41. The summed E-state index contributed by atoms with van der Waals surface area (Å²) in [6, 6.07) is 0. The van der Waals surface area contributed by atoms with Crippen LogP contribution >= 0.6 is 15.9 Å². The molecular formula is C15H24BrN3O. The van der Waals surface area contributed by atoms with E-state index >= 15 is 0 Å². The lowest BCUT2D eigenvalue weighted by molar-refractivity contribution is 0.0779. The number of rotatable bonds is 3. The summed E-state index contributed by atoms with van der Waals surface area (Å²) in [5.74, 6) is 2.12. The van der Waals surface area contributed by atoms with E-state index in [1.807, 2.05) is 0 Å². The zero-order chi connectivity index (χ0) is 14.8. The molecular weight excluding hydrogens is 318 g/mol. The molecule has 4 nitrogen and oxygen atoms in total. The molecule has 1 unspecified atom stereocenters. The van der Waals surface area contributed by atoms with Gasteiger partial charge in [0, 0.05) is 24.5 Å². The first kappa shape index (κ1) is 15.7. The normalized spacial score (nSPS) is 19.9. The second-order valence-electron chi connectivity index (χ2n) is 6.29. The summed E-state index contributed by atoms with van der Waals surface area (Å²) in [4.78, 5) is 9.54. The van der Waals surface area contributed by atoms with Gasteiger partial charge < -0.3 is 10.1 Å². The van der Waals surface area contributed by atoms with Crippen LogP contribution in [0.25, 0.3) is 0 Å². The predicted octanol–water partition coefficient (Wildman–Crippen LogP) is 3.86. The fourth-order valence-corrected chi connectivity index (χ4v) is 3.29. The van der Waals surface area contributed by atoms with Gasteiger partial charge in [-0.05, 0) is 35.7 Å². The van der Waals surface area contributed by atoms with Crippen molar-refractivity contribution in [1.29, 1.82) is 0 Å². The Balaban J connectivity index is 2.43. The van der Waals surface area contributed by atoms with E-state index in [0.717, 1.165) is 54.4 Å². The SMILES string of the molecule is CCNc1nc(C2CCCOC2)nc(C(C)(C)C)c1Br. The second kappa shape index (κ2) is 6.39. The van der Waals surface area contributed by atoms with E-state index in [2.05, 4.69) is 48.9 Å². The molecule has 0 bridgehead atoms.